The first-order chi connectivity index (χ1) is 9.83. The highest BCUT2D eigenvalue weighted by atomic mass is 79.9. The number of alkyl halides is 4. The van der Waals surface area contributed by atoms with Crippen LogP contribution in [0.25, 0.3) is 0 Å². The van der Waals surface area contributed by atoms with Crippen LogP contribution in [0.1, 0.15) is 18.4 Å². The van der Waals surface area contributed by atoms with Crippen molar-refractivity contribution in [2.75, 3.05) is 5.33 Å². The van der Waals surface area contributed by atoms with E-state index in [0.717, 1.165) is 18.9 Å². The van der Waals surface area contributed by atoms with Gasteiger partial charge >= 0.3 is 6.36 Å². The molecule has 0 amide bonds. The minimum absolute atomic E-state index is 0.00326. The molecule has 2 N–H and O–H groups in total. The van der Waals surface area contributed by atoms with Crippen LogP contribution in [0.15, 0.2) is 35.6 Å². The quantitative estimate of drug-likeness (QED) is 0.457. The number of allylic oxidation sites excluding steroid dienone is 2. The van der Waals surface area contributed by atoms with Crippen molar-refractivity contribution in [1.29, 1.82) is 5.41 Å². The number of halogens is 4. The van der Waals surface area contributed by atoms with Gasteiger partial charge in [0.25, 0.3) is 0 Å². The second-order valence-electron chi connectivity index (χ2n) is 4.69. The normalized spacial score (nSPS) is 16.4. The molecule has 7 heteroatoms. The summed E-state index contributed by atoms with van der Waals surface area (Å²) < 4.78 is 41.1. The molecule has 1 aromatic carbocycles. The van der Waals surface area contributed by atoms with Gasteiger partial charge in [-0.25, -0.2) is 0 Å². The largest absolute Gasteiger partial charge is 0.573 e. The molecule has 0 aliphatic heterocycles. The number of ether oxygens (including phenoxy) is 1. The molecular formula is C14H13BrF3NO2. The zero-order chi connectivity index (χ0) is 15.6. The second kappa shape index (κ2) is 6.09. The Kier molecular flexibility index (Phi) is 4.61. The maximum Gasteiger partial charge on any atom is 0.573 e. The Balaban J connectivity index is 2.37. The van der Waals surface area contributed by atoms with E-state index >= 15 is 0 Å². The van der Waals surface area contributed by atoms with Crippen LogP contribution in [-0.4, -0.2) is 22.5 Å². The predicted octanol–water partition coefficient (Wildman–Crippen LogP) is 4.57. The van der Waals surface area contributed by atoms with Gasteiger partial charge in [-0.15, -0.1) is 13.2 Å². The van der Waals surface area contributed by atoms with E-state index in [1.54, 1.807) is 0 Å². The molecule has 114 valence electrons. The minimum Gasteiger partial charge on any atom is -0.512 e. The summed E-state index contributed by atoms with van der Waals surface area (Å²) in [6.07, 6.45) is -3.17. The predicted molar refractivity (Wildman–Crippen MR) is 76.1 cm³/mol. The molecule has 0 unspecified atom stereocenters. The van der Waals surface area contributed by atoms with Crippen molar-refractivity contribution in [2.24, 2.45) is 5.92 Å². The Morgan fingerprint density at radius 3 is 2.48 bits per heavy atom. The minimum atomic E-state index is -4.83. The Hall–Kier alpha value is -1.50. The fourth-order valence-corrected chi connectivity index (χ4v) is 2.48. The first kappa shape index (κ1) is 15.9. The Morgan fingerprint density at radius 2 is 1.95 bits per heavy atom. The van der Waals surface area contributed by atoms with Crippen molar-refractivity contribution >= 4 is 21.6 Å². The molecule has 0 atom stereocenters. The summed E-state index contributed by atoms with van der Waals surface area (Å²) >= 11 is 3.17. The Morgan fingerprint density at radius 1 is 1.33 bits per heavy atom. The van der Waals surface area contributed by atoms with Crippen LogP contribution < -0.4 is 4.74 Å². The Bertz CT molecular complexity index is 580. The molecule has 0 bridgehead atoms. The summed E-state index contributed by atoms with van der Waals surface area (Å²) in [6, 6.07) is 5.44. The van der Waals surface area contributed by atoms with Crippen LogP contribution in [0, 0.1) is 11.3 Å². The van der Waals surface area contributed by atoms with Gasteiger partial charge in [-0.1, -0.05) is 28.1 Å². The molecule has 0 radical (unpaired) electrons. The second-order valence-corrected chi connectivity index (χ2v) is 5.25. The number of aliphatic hydroxyl groups excluding tert-OH is 1. The molecule has 21 heavy (non-hydrogen) atoms. The first-order valence-electron chi connectivity index (χ1n) is 6.25. The van der Waals surface area contributed by atoms with E-state index in [4.69, 9.17) is 5.41 Å². The van der Waals surface area contributed by atoms with E-state index in [-0.39, 0.29) is 33.9 Å². The lowest BCUT2D eigenvalue weighted by Gasteiger charge is -2.15. The third-order valence-electron chi connectivity index (χ3n) is 3.09. The van der Waals surface area contributed by atoms with Crippen molar-refractivity contribution in [3.63, 3.8) is 0 Å². The van der Waals surface area contributed by atoms with Crippen molar-refractivity contribution < 1.29 is 23.0 Å². The van der Waals surface area contributed by atoms with E-state index in [1.165, 1.54) is 18.2 Å². The van der Waals surface area contributed by atoms with Crippen molar-refractivity contribution in [3.8, 4) is 5.75 Å². The van der Waals surface area contributed by atoms with Crippen LogP contribution in [0.3, 0.4) is 0 Å². The lowest BCUT2D eigenvalue weighted by molar-refractivity contribution is -0.274. The van der Waals surface area contributed by atoms with Gasteiger partial charge < -0.3 is 9.84 Å². The fourth-order valence-electron chi connectivity index (χ4n) is 1.92. The monoisotopic (exact) mass is 363 g/mol. The van der Waals surface area contributed by atoms with Gasteiger partial charge in [-0.3, -0.25) is 5.41 Å². The van der Waals surface area contributed by atoms with Gasteiger partial charge in [0.2, 0.25) is 0 Å². The molecule has 1 aromatic rings. The summed E-state index contributed by atoms with van der Waals surface area (Å²) in [5.74, 6) is -0.371. The molecule has 0 spiro atoms. The van der Waals surface area contributed by atoms with Gasteiger partial charge in [0, 0.05) is 22.4 Å². The lowest BCUT2D eigenvalue weighted by Crippen LogP contribution is -2.20. The maximum absolute atomic E-state index is 12.4. The van der Waals surface area contributed by atoms with Gasteiger partial charge in [-0.05, 0) is 25.0 Å². The molecule has 1 saturated carbocycles. The van der Waals surface area contributed by atoms with E-state index in [9.17, 15) is 18.3 Å². The number of nitrogens with one attached hydrogen (secondary N) is 1. The van der Waals surface area contributed by atoms with E-state index in [0.29, 0.717) is 0 Å². The number of rotatable bonds is 5. The average Bonchev–Trinajstić information content (AvgIpc) is 3.22. The molecule has 0 heterocycles. The maximum atomic E-state index is 12.4. The number of para-hydroxylation sites is 1. The third kappa shape index (κ3) is 4.00. The zero-order valence-electron chi connectivity index (χ0n) is 10.9. The summed E-state index contributed by atoms with van der Waals surface area (Å²) in [7, 11) is 0. The number of aliphatic hydroxyl groups is 1. The Labute approximate surface area is 128 Å². The molecule has 1 fully saturated rings. The first-order valence-corrected chi connectivity index (χ1v) is 7.37. The summed E-state index contributed by atoms with van der Waals surface area (Å²) in [6.45, 7) is 0. The number of hydrogen-bond donors (Lipinski definition) is 2. The SMILES string of the molecule is N=C(/C(CBr)=C(\O)C1CC1)c1ccccc1OC(F)(F)F. The van der Waals surface area contributed by atoms with Crippen LogP contribution in [-0.2, 0) is 0 Å². The van der Waals surface area contributed by atoms with E-state index < -0.39 is 12.1 Å². The van der Waals surface area contributed by atoms with Crippen molar-refractivity contribution in [3.05, 3.63) is 41.2 Å². The van der Waals surface area contributed by atoms with Crippen molar-refractivity contribution in [2.45, 2.75) is 19.2 Å². The number of benzene rings is 1. The molecule has 1 aliphatic carbocycles. The van der Waals surface area contributed by atoms with Gasteiger partial charge in [0.1, 0.15) is 11.5 Å². The fraction of sp³-hybridized carbons (Fsp3) is 0.357. The number of hydrogen-bond acceptors (Lipinski definition) is 3. The molecule has 0 saturated heterocycles. The average molecular weight is 364 g/mol. The summed E-state index contributed by atoms with van der Waals surface area (Å²) in [5, 5.41) is 18.3. The van der Waals surface area contributed by atoms with Gasteiger partial charge in [0.15, 0.2) is 0 Å². The smallest absolute Gasteiger partial charge is 0.512 e. The molecule has 1 aliphatic rings. The third-order valence-corrected chi connectivity index (χ3v) is 3.65. The molecule has 0 aromatic heterocycles. The zero-order valence-corrected chi connectivity index (χ0v) is 12.5. The van der Waals surface area contributed by atoms with E-state index in [1.807, 2.05) is 0 Å². The van der Waals surface area contributed by atoms with Crippen LogP contribution in [0.4, 0.5) is 13.2 Å². The standard InChI is InChI=1S/C14H13BrF3NO2/c15-7-10(13(20)8-5-6-8)12(19)9-3-1-2-4-11(9)21-14(16,17)18/h1-4,8,19-20H,5-7H2/b13-10-,19-12?. The molecular weight excluding hydrogens is 351 g/mol. The van der Waals surface area contributed by atoms with Gasteiger partial charge in [-0.2, -0.15) is 0 Å². The van der Waals surface area contributed by atoms with Crippen LogP contribution >= 0.6 is 15.9 Å². The topological polar surface area (TPSA) is 53.3 Å². The van der Waals surface area contributed by atoms with Crippen LogP contribution in [0.5, 0.6) is 5.75 Å². The van der Waals surface area contributed by atoms with Gasteiger partial charge in [0.05, 0.1) is 5.71 Å². The van der Waals surface area contributed by atoms with Crippen molar-refractivity contribution in [1.82, 2.24) is 0 Å². The van der Waals surface area contributed by atoms with Crippen LogP contribution in [0.2, 0.25) is 0 Å². The lowest BCUT2D eigenvalue weighted by atomic mass is 10.0. The summed E-state index contributed by atoms with van der Waals surface area (Å²) in [5.41, 5.74) is 0.114. The highest BCUT2D eigenvalue weighted by molar-refractivity contribution is 9.09. The molecule has 3 nitrogen and oxygen atoms in total. The molecule has 2 rings (SSSR count). The van der Waals surface area contributed by atoms with E-state index in [2.05, 4.69) is 20.7 Å². The highest BCUT2D eigenvalue weighted by Gasteiger charge is 2.34. The summed E-state index contributed by atoms with van der Waals surface area (Å²) in [4.78, 5) is 0. The highest BCUT2D eigenvalue weighted by Crippen LogP contribution is 2.38.